The van der Waals surface area contributed by atoms with Crippen LogP contribution in [0.25, 0.3) is 0 Å². The molecule has 94 valence electrons. The van der Waals surface area contributed by atoms with Gasteiger partial charge in [-0.25, -0.2) is 4.72 Å². The van der Waals surface area contributed by atoms with Crippen LogP contribution in [-0.2, 0) is 15.0 Å². The number of carbonyl (C=O) groups is 1. The van der Waals surface area contributed by atoms with Crippen LogP contribution in [0, 0.1) is 0 Å². The molecule has 1 saturated heterocycles. The van der Waals surface area contributed by atoms with Gasteiger partial charge in [-0.3, -0.25) is 4.79 Å². The highest BCUT2D eigenvalue weighted by Gasteiger charge is 2.35. The first-order valence-corrected chi connectivity index (χ1v) is 7.01. The van der Waals surface area contributed by atoms with E-state index in [0.717, 1.165) is 6.42 Å². The number of nitrogens with one attached hydrogen (secondary N) is 2. The van der Waals surface area contributed by atoms with Gasteiger partial charge in [0.1, 0.15) is 6.04 Å². The van der Waals surface area contributed by atoms with Crippen LogP contribution in [0.15, 0.2) is 0 Å². The SMILES string of the molecule is CCCNS(=O)(=O)N1CCNC(=O)C1CC. The Morgan fingerprint density at radius 1 is 1.50 bits per heavy atom. The number of nitrogens with zero attached hydrogens (tertiary/aromatic N) is 1. The Balaban J connectivity index is 2.79. The van der Waals surface area contributed by atoms with Gasteiger partial charge in [-0.15, -0.1) is 0 Å². The summed E-state index contributed by atoms with van der Waals surface area (Å²) in [6.45, 7) is 4.81. The van der Waals surface area contributed by atoms with Crippen LogP contribution < -0.4 is 10.0 Å². The minimum Gasteiger partial charge on any atom is -0.353 e. The Morgan fingerprint density at radius 2 is 2.19 bits per heavy atom. The van der Waals surface area contributed by atoms with Crippen molar-refractivity contribution in [1.29, 1.82) is 0 Å². The molecule has 0 radical (unpaired) electrons. The number of amides is 1. The first-order valence-electron chi connectivity index (χ1n) is 5.57. The third-order valence-corrected chi connectivity index (χ3v) is 4.14. The lowest BCUT2D eigenvalue weighted by Gasteiger charge is -2.33. The molecule has 0 saturated carbocycles. The molecule has 7 heteroatoms. The summed E-state index contributed by atoms with van der Waals surface area (Å²) in [6.07, 6.45) is 1.22. The molecule has 0 aromatic carbocycles. The van der Waals surface area contributed by atoms with Gasteiger partial charge in [0.2, 0.25) is 5.91 Å². The minimum atomic E-state index is -3.52. The Bertz CT molecular complexity index is 342. The third-order valence-electron chi connectivity index (χ3n) is 2.51. The molecule has 0 aromatic heterocycles. The summed E-state index contributed by atoms with van der Waals surface area (Å²) < 4.78 is 27.5. The maximum atomic E-state index is 11.9. The number of carbonyl (C=O) groups excluding carboxylic acids is 1. The molecule has 0 spiro atoms. The van der Waals surface area contributed by atoms with E-state index in [1.807, 2.05) is 6.92 Å². The Hall–Kier alpha value is -0.660. The van der Waals surface area contributed by atoms with E-state index >= 15 is 0 Å². The van der Waals surface area contributed by atoms with E-state index in [-0.39, 0.29) is 5.91 Å². The summed E-state index contributed by atoms with van der Waals surface area (Å²) in [6, 6.07) is -0.580. The van der Waals surface area contributed by atoms with Gasteiger partial charge in [0.25, 0.3) is 10.2 Å². The molecule has 1 aliphatic heterocycles. The summed E-state index contributed by atoms with van der Waals surface area (Å²) in [5.74, 6) is -0.212. The zero-order valence-electron chi connectivity index (χ0n) is 9.69. The molecule has 0 aromatic rings. The largest absolute Gasteiger partial charge is 0.353 e. The van der Waals surface area contributed by atoms with E-state index in [4.69, 9.17) is 0 Å². The molecule has 1 rings (SSSR count). The van der Waals surface area contributed by atoms with Crippen LogP contribution in [0.2, 0.25) is 0 Å². The number of hydrogen-bond acceptors (Lipinski definition) is 3. The predicted octanol–water partition coefficient (Wildman–Crippen LogP) is -0.559. The lowest BCUT2D eigenvalue weighted by atomic mass is 10.2. The molecule has 1 heterocycles. The summed E-state index contributed by atoms with van der Waals surface area (Å²) >= 11 is 0. The van der Waals surface area contributed by atoms with Gasteiger partial charge in [0, 0.05) is 19.6 Å². The van der Waals surface area contributed by atoms with Gasteiger partial charge in [0.05, 0.1) is 0 Å². The van der Waals surface area contributed by atoms with Gasteiger partial charge >= 0.3 is 0 Å². The molecular weight excluding hydrogens is 230 g/mol. The lowest BCUT2D eigenvalue weighted by molar-refractivity contribution is -0.126. The number of rotatable bonds is 5. The maximum Gasteiger partial charge on any atom is 0.280 e. The Kier molecular flexibility index (Phi) is 4.69. The van der Waals surface area contributed by atoms with E-state index < -0.39 is 16.3 Å². The third kappa shape index (κ3) is 2.93. The van der Waals surface area contributed by atoms with Crippen LogP contribution in [0.4, 0.5) is 0 Å². The van der Waals surface area contributed by atoms with Gasteiger partial charge in [-0.1, -0.05) is 13.8 Å². The molecule has 1 unspecified atom stereocenters. The second kappa shape index (κ2) is 5.60. The van der Waals surface area contributed by atoms with Crippen molar-refractivity contribution in [1.82, 2.24) is 14.3 Å². The molecule has 2 N–H and O–H groups in total. The molecule has 1 amide bonds. The van der Waals surface area contributed by atoms with E-state index in [2.05, 4.69) is 10.0 Å². The molecule has 6 nitrogen and oxygen atoms in total. The van der Waals surface area contributed by atoms with Crippen molar-refractivity contribution < 1.29 is 13.2 Å². The van der Waals surface area contributed by atoms with Crippen molar-refractivity contribution in [2.45, 2.75) is 32.7 Å². The van der Waals surface area contributed by atoms with E-state index in [9.17, 15) is 13.2 Å². The van der Waals surface area contributed by atoms with Crippen molar-refractivity contribution in [2.75, 3.05) is 19.6 Å². The van der Waals surface area contributed by atoms with Gasteiger partial charge in [0.15, 0.2) is 0 Å². The highest BCUT2D eigenvalue weighted by atomic mass is 32.2. The van der Waals surface area contributed by atoms with Crippen LogP contribution >= 0.6 is 0 Å². The number of piperazine rings is 1. The molecule has 16 heavy (non-hydrogen) atoms. The van der Waals surface area contributed by atoms with Crippen LogP contribution in [0.5, 0.6) is 0 Å². The van der Waals surface area contributed by atoms with Gasteiger partial charge < -0.3 is 5.32 Å². The zero-order chi connectivity index (χ0) is 12.2. The summed E-state index contributed by atoms with van der Waals surface area (Å²) in [5.41, 5.74) is 0. The second-order valence-corrected chi connectivity index (χ2v) is 5.43. The van der Waals surface area contributed by atoms with Crippen molar-refractivity contribution >= 4 is 16.1 Å². The quantitative estimate of drug-likeness (QED) is 0.685. The molecule has 0 aliphatic carbocycles. The van der Waals surface area contributed by atoms with Crippen molar-refractivity contribution in [3.8, 4) is 0 Å². The topological polar surface area (TPSA) is 78.5 Å². The fourth-order valence-corrected chi connectivity index (χ4v) is 3.22. The van der Waals surface area contributed by atoms with Crippen molar-refractivity contribution in [3.05, 3.63) is 0 Å². The molecule has 1 atom stereocenters. The Morgan fingerprint density at radius 3 is 2.75 bits per heavy atom. The number of hydrogen-bond donors (Lipinski definition) is 2. The maximum absolute atomic E-state index is 11.9. The summed E-state index contributed by atoms with van der Waals surface area (Å²) in [4.78, 5) is 11.5. The second-order valence-electron chi connectivity index (χ2n) is 3.73. The van der Waals surface area contributed by atoms with Crippen molar-refractivity contribution in [2.24, 2.45) is 0 Å². The van der Waals surface area contributed by atoms with Gasteiger partial charge in [-0.05, 0) is 12.8 Å². The first kappa shape index (κ1) is 13.4. The fraction of sp³-hybridized carbons (Fsp3) is 0.889. The smallest absolute Gasteiger partial charge is 0.280 e. The zero-order valence-corrected chi connectivity index (χ0v) is 10.5. The Labute approximate surface area is 96.6 Å². The molecule has 1 fully saturated rings. The summed E-state index contributed by atoms with van der Waals surface area (Å²) in [7, 11) is -3.52. The highest BCUT2D eigenvalue weighted by Crippen LogP contribution is 2.12. The van der Waals surface area contributed by atoms with Crippen LogP contribution in [-0.4, -0.2) is 44.3 Å². The first-order chi connectivity index (χ1) is 7.53. The monoisotopic (exact) mass is 249 g/mol. The van der Waals surface area contributed by atoms with E-state index in [0.29, 0.717) is 26.1 Å². The van der Waals surface area contributed by atoms with Crippen LogP contribution in [0.3, 0.4) is 0 Å². The fourth-order valence-electron chi connectivity index (χ4n) is 1.68. The van der Waals surface area contributed by atoms with E-state index in [1.165, 1.54) is 4.31 Å². The molecule has 0 bridgehead atoms. The van der Waals surface area contributed by atoms with Crippen molar-refractivity contribution in [3.63, 3.8) is 0 Å². The van der Waals surface area contributed by atoms with E-state index in [1.54, 1.807) is 6.92 Å². The lowest BCUT2D eigenvalue weighted by Crippen LogP contribution is -2.59. The normalized spacial score (nSPS) is 23.1. The molecule has 1 aliphatic rings. The predicted molar refractivity (Wildman–Crippen MR) is 61.0 cm³/mol. The summed E-state index contributed by atoms with van der Waals surface area (Å²) in [5, 5.41) is 2.67. The minimum absolute atomic E-state index is 0.212. The standard InChI is InChI=1S/C9H19N3O3S/c1-3-5-11-16(14,15)12-7-6-10-9(13)8(12)4-2/h8,11H,3-7H2,1-2H3,(H,10,13). The van der Waals surface area contributed by atoms with Gasteiger partial charge in [-0.2, -0.15) is 12.7 Å². The van der Waals surface area contributed by atoms with Crippen LogP contribution in [0.1, 0.15) is 26.7 Å². The average molecular weight is 249 g/mol. The molecular formula is C9H19N3O3S. The average Bonchev–Trinajstić information content (AvgIpc) is 2.26. The highest BCUT2D eigenvalue weighted by molar-refractivity contribution is 7.87.